The summed E-state index contributed by atoms with van der Waals surface area (Å²) in [6, 6.07) is 2.42. The van der Waals surface area contributed by atoms with Crippen molar-refractivity contribution in [2.75, 3.05) is 6.54 Å². The first-order valence-electron chi connectivity index (χ1n) is 6.73. The standard InChI is InChI=1S/C14H18N2O5/c17-11-4-3-9(6-12(11)18)5-10(13(19)20)16-14(21)15-7-8-1-2-8/h3-4,6,8,10,17-18H,1-2,5,7H2,(H,19,20)(H2,15,16,21). The van der Waals surface area contributed by atoms with Crippen molar-refractivity contribution in [1.82, 2.24) is 10.6 Å². The maximum atomic E-state index is 11.6. The molecule has 1 aromatic rings. The summed E-state index contributed by atoms with van der Waals surface area (Å²) < 4.78 is 0. The highest BCUT2D eigenvalue weighted by Gasteiger charge is 2.24. The fraction of sp³-hybridized carbons (Fsp3) is 0.429. The molecule has 2 rings (SSSR count). The van der Waals surface area contributed by atoms with E-state index >= 15 is 0 Å². The molecule has 1 aliphatic rings. The molecule has 0 saturated heterocycles. The third kappa shape index (κ3) is 4.55. The average molecular weight is 294 g/mol. The summed E-state index contributed by atoms with van der Waals surface area (Å²) in [5, 5.41) is 32.8. The minimum absolute atomic E-state index is 0.0139. The SMILES string of the molecule is O=C(NCC1CC1)NC(Cc1ccc(O)c(O)c1)C(=O)O. The van der Waals surface area contributed by atoms with Gasteiger partial charge in [0.05, 0.1) is 0 Å². The molecule has 2 amide bonds. The number of phenolic OH excluding ortho intramolecular Hbond substituents is 2. The molecule has 1 atom stereocenters. The number of urea groups is 1. The van der Waals surface area contributed by atoms with Crippen molar-refractivity contribution in [1.29, 1.82) is 0 Å². The first kappa shape index (κ1) is 15.0. The Hall–Kier alpha value is -2.44. The van der Waals surface area contributed by atoms with Gasteiger partial charge in [0.25, 0.3) is 0 Å². The minimum atomic E-state index is -1.16. The minimum Gasteiger partial charge on any atom is -0.504 e. The molecule has 0 radical (unpaired) electrons. The van der Waals surface area contributed by atoms with Crippen LogP contribution in [0.5, 0.6) is 11.5 Å². The number of aliphatic carboxylic acids is 1. The van der Waals surface area contributed by atoms with Crippen LogP contribution in [0.25, 0.3) is 0 Å². The molecule has 1 aromatic carbocycles. The Morgan fingerprint density at radius 1 is 1.24 bits per heavy atom. The molecule has 0 heterocycles. The highest BCUT2D eigenvalue weighted by Crippen LogP contribution is 2.27. The number of benzene rings is 1. The van der Waals surface area contributed by atoms with E-state index in [0.717, 1.165) is 12.8 Å². The molecular formula is C14H18N2O5. The number of carbonyl (C=O) groups excluding carboxylic acids is 1. The van der Waals surface area contributed by atoms with Crippen LogP contribution in [-0.4, -0.2) is 39.9 Å². The normalized spacial score (nSPS) is 15.2. The Bertz CT molecular complexity index is 542. The smallest absolute Gasteiger partial charge is 0.326 e. The van der Waals surface area contributed by atoms with E-state index in [1.807, 2.05) is 0 Å². The van der Waals surface area contributed by atoms with Gasteiger partial charge in [-0.3, -0.25) is 0 Å². The highest BCUT2D eigenvalue weighted by atomic mass is 16.4. The van der Waals surface area contributed by atoms with Crippen molar-refractivity contribution < 1.29 is 24.9 Å². The van der Waals surface area contributed by atoms with Crippen LogP contribution < -0.4 is 10.6 Å². The van der Waals surface area contributed by atoms with Gasteiger partial charge in [0.2, 0.25) is 0 Å². The van der Waals surface area contributed by atoms with Gasteiger partial charge in [0.15, 0.2) is 11.5 Å². The van der Waals surface area contributed by atoms with E-state index in [2.05, 4.69) is 10.6 Å². The van der Waals surface area contributed by atoms with Gasteiger partial charge in [-0.25, -0.2) is 9.59 Å². The maximum absolute atomic E-state index is 11.6. The Balaban J connectivity index is 1.92. The zero-order chi connectivity index (χ0) is 15.4. The van der Waals surface area contributed by atoms with Gasteiger partial charge in [-0.15, -0.1) is 0 Å². The number of hydrogen-bond acceptors (Lipinski definition) is 4. The second kappa shape index (κ2) is 6.34. The van der Waals surface area contributed by atoms with Crippen LogP contribution in [-0.2, 0) is 11.2 Å². The molecule has 0 aliphatic heterocycles. The van der Waals surface area contributed by atoms with Crippen LogP contribution in [0.2, 0.25) is 0 Å². The number of amides is 2. The van der Waals surface area contributed by atoms with E-state index in [-0.39, 0.29) is 17.9 Å². The summed E-state index contributed by atoms with van der Waals surface area (Å²) in [7, 11) is 0. The number of carbonyl (C=O) groups is 2. The zero-order valence-corrected chi connectivity index (χ0v) is 11.4. The van der Waals surface area contributed by atoms with E-state index in [9.17, 15) is 19.8 Å². The lowest BCUT2D eigenvalue weighted by atomic mass is 10.1. The lowest BCUT2D eigenvalue weighted by Crippen LogP contribution is -2.47. The Kier molecular flexibility index (Phi) is 4.52. The van der Waals surface area contributed by atoms with Crippen molar-refractivity contribution in [3.05, 3.63) is 23.8 Å². The molecule has 0 spiro atoms. The van der Waals surface area contributed by atoms with E-state index in [0.29, 0.717) is 18.0 Å². The molecule has 21 heavy (non-hydrogen) atoms. The molecule has 1 aliphatic carbocycles. The summed E-state index contributed by atoms with van der Waals surface area (Å²) in [6.07, 6.45) is 2.20. The summed E-state index contributed by atoms with van der Waals surface area (Å²) in [4.78, 5) is 22.8. The molecule has 1 saturated carbocycles. The second-order valence-corrected chi connectivity index (χ2v) is 5.22. The first-order valence-corrected chi connectivity index (χ1v) is 6.73. The Morgan fingerprint density at radius 3 is 2.52 bits per heavy atom. The molecule has 0 bridgehead atoms. The van der Waals surface area contributed by atoms with Gasteiger partial charge in [-0.2, -0.15) is 0 Å². The van der Waals surface area contributed by atoms with Crippen LogP contribution in [0.1, 0.15) is 18.4 Å². The molecule has 7 heteroatoms. The van der Waals surface area contributed by atoms with E-state index in [1.165, 1.54) is 18.2 Å². The summed E-state index contributed by atoms with van der Waals surface area (Å²) in [5.41, 5.74) is 0.500. The monoisotopic (exact) mass is 294 g/mol. The average Bonchev–Trinajstić information content (AvgIpc) is 3.24. The summed E-state index contributed by atoms with van der Waals surface area (Å²) >= 11 is 0. The molecule has 1 fully saturated rings. The van der Waals surface area contributed by atoms with Crippen LogP contribution in [0.4, 0.5) is 4.79 Å². The predicted octanol–water partition coefficient (Wildman–Crippen LogP) is 0.803. The van der Waals surface area contributed by atoms with Crippen molar-refractivity contribution in [2.24, 2.45) is 5.92 Å². The summed E-state index contributed by atoms with van der Waals surface area (Å²) in [5.74, 6) is -1.26. The van der Waals surface area contributed by atoms with Crippen LogP contribution in [0.3, 0.4) is 0 Å². The summed E-state index contributed by atoms with van der Waals surface area (Å²) in [6.45, 7) is 0.554. The van der Waals surface area contributed by atoms with Gasteiger partial charge >= 0.3 is 12.0 Å². The van der Waals surface area contributed by atoms with Crippen molar-refractivity contribution in [2.45, 2.75) is 25.3 Å². The second-order valence-electron chi connectivity index (χ2n) is 5.22. The fourth-order valence-electron chi connectivity index (χ4n) is 1.90. The van der Waals surface area contributed by atoms with Crippen molar-refractivity contribution >= 4 is 12.0 Å². The quantitative estimate of drug-likeness (QED) is 0.497. The third-order valence-electron chi connectivity index (χ3n) is 3.33. The number of phenols is 2. The zero-order valence-electron chi connectivity index (χ0n) is 11.4. The maximum Gasteiger partial charge on any atom is 0.326 e. The lowest BCUT2D eigenvalue weighted by Gasteiger charge is -2.15. The molecule has 7 nitrogen and oxygen atoms in total. The molecule has 0 aromatic heterocycles. The lowest BCUT2D eigenvalue weighted by molar-refractivity contribution is -0.139. The van der Waals surface area contributed by atoms with Crippen LogP contribution >= 0.6 is 0 Å². The third-order valence-corrected chi connectivity index (χ3v) is 3.33. The predicted molar refractivity (Wildman–Crippen MR) is 74.2 cm³/mol. The fourth-order valence-corrected chi connectivity index (χ4v) is 1.90. The highest BCUT2D eigenvalue weighted by molar-refractivity contribution is 5.82. The number of carboxylic acids is 1. The Morgan fingerprint density at radius 2 is 1.95 bits per heavy atom. The molecule has 5 N–H and O–H groups in total. The number of hydrogen-bond donors (Lipinski definition) is 5. The van der Waals surface area contributed by atoms with E-state index < -0.39 is 18.0 Å². The van der Waals surface area contributed by atoms with Gasteiger partial charge < -0.3 is 26.0 Å². The first-order chi connectivity index (χ1) is 9.95. The van der Waals surface area contributed by atoms with Crippen LogP contribution in [0.15, 0.2) is 18.2 Å². The number of nitrogens with one attached hydrogen (secondary N) is 2. The van der Waals surface area contributed by atoms with Gasteiger partial charge in [0, 0.05) is 13.0 Å². The molecular weight excluding hydrogens is 276 g/mol. The number of carboxylic acid groups (broad SMARTS) is 1. The van der Waals surface area contributed by atoms with E-state index in [4.69, 9.17) is 5.11 Å². The topological polar surface area (TPSA) is 119 Å². The van der Waals surface area contributed by atoms with Gasteiger partial charge in [-0.1, -0.05) is 6.07 Å². The van der Waals surface area contributed by atoms with Crippen LogP contribution in [0, 0.1) is 5.92 Å². The Labute approximate surface area is 121 Å². The molecule has 114 valence electrons. The van der Waals surface area contributed by atoms with Crippen molar-refractivity contribution in [3.8, 4) is 11.5 Å². The van der Waals surface area contributed by atoms with Crippen molar-refractivity contribution in [3.63, 3.8) is 0 Å². The van der Waals surface area contributed by atoms with E-state index in [1.54, 1.807) is 0 Å². The number of aromatic hydroxyl groups is 2. The van der Waals surface area contributed by atoms with Gasteiger partial charge in [-0.05, 0) is 36.5 Å². The largest absolute Gasteiger partial charge is 0.504 e. The molecule has 1 unspecified atom stereocenters. The van der Waals surface area contributed by atoms with Gasteiger partial charge in [0.1, 0.15) is 6.04 Å². The number of rotatable bonds is 6.